The predicted octanol–water partition coefficient (Wildman–Crippen LogP) is 2.61. The summed E-state index contributed by atoms with van der Waals surface area (Å²) in [5.74, 6) is 0. The number of nitrogens with zero attached hydrogens (tertiary/aromatic N) is 2. The van der Waals surface area contributed by atoms with Crippen molar-refractivity contribution in [2.45, 2.75) is 12.2 Å². The zero-order valence-corrected chi connectivity index (χ0v) is 9.43. The number of alkyl halides is 3. The van der Waals surface area contributed by atoms with Crippen LogP contribution >= 0.6 is 0 Å². The Hall–Kier alpha value is -1.82. The molecule has 0 saturated heterocycles. The molecule has 2 aromatic rings. The molecule has 0 bridgehead atoms. The van der Waals surface area contributed by atoms with E-state index in [4.69, 9.17) is 5.73 Å². The van der Waals surface area contributed by atoms with Crippen LogP contribution in [0.1, 0.15) is 6.04 Å². The first-order valence-electron chi connectivity index (χ1n) is 5.38. The second kappa shape index (κ2) is 4.81. The molecular weight excluding hydrogens is 243 g/mol. The van der Waals surface area contributed by atoms with E-state index < -0.39 is 18.8 Å². The highest BCUT2D eigenvalue weighted by Crippen LogP contribution is 2.30. The average Bonchev–Trinajstić information content (AvgIpc) is 2.78. The molecule has 2 rings (SSSR count). The SMILES string of the molecule is NCC(n1cc(-c2ccccc2)cn1)C(F)(F)F. The second-order valence-electron chi connectivity index (χ2n) is 3.87. The van der Waals surface area contributed by atoms with Crippen LogP contribution in [-0.2, 0) is 0 Å². The van der Waals surface area contributed by atoms with E-state index in [1.54, 1.807) is 0 Å². The third kappa shape index (κ3) is 2.53. The third-order valence-corrected chi connectivity index (χ3v) is 2.63. The summed E-state index contributed by atoms with van der Waals surface area (Å²) in [6, 6.07) is 7.31. The molecule has 1 aromatic carbocycles. The number of rotatable bonds is 3. The van der Waals surface area contributed by atoms with Crippen molar-refractivity contribution < 1.29 is 13.2 Å². The largest absolute Gasteiger partial charge is 0.412 e. The molecule has 3 nitrogen and oxygen atoms in total. The summed E-state index contributed by atoms with van der Waals surface area (Å²) in [4.78, 5) is 0. The van der Waals surface area contributed by atoms with Crippen LogP contribution in [0, 0.1) is 0 Å². The number of hydrogen-bond donors (Lipinski definition) is 1. The highest BCUT2D eigenvalue weighted by atomic mass is 19.4. The van der Waals surface area contributed by atoms with Gasteiger partial charge in [0.2, 0.25) is 0 Å². The van der Waals surface area contributed by atoms with E-state index >= 15 is 0 Å². The van der Waals surface area contributed by atoms with Gasteiger partial charge in [-0.1, -0.05) is 30.3 Å². The summed E-state index contributed by atoms with van der Waals surface area (Å²) < 4.78 is 38.9. The maximum absolute atomic E-state index is 12.7. The molecule has 18 heavy (non-hydrogen) atoms. The summed E-state index contributed by atoms with van der Waals surface area (Å²) in [6.45, 7) is -0.528. The third-order valence-electron chi connectivity index (χ3n) is 2.63. The number of halogens is 3. The van der Waals surface area contributed by atoms with E-state index in [-0.39, 0.29) is 0 Å². The van der Waals surface area contributed by atoms with Gasteiger partial charge in [-0.3, -0.25) is 4.68 Å². The highest BCUT2D eigenvalue weighted by molar-refractivity contribution is 5.61. The van der Waals surface area contributed by atoms with Crippen LogP contribution in [0.4, 0.5) is 13.2 Å². The lowest BCUT2D eigenvalue weighted by atomic mass is 10.1. The quantitative estimate of drug-likeness (QED) is 0.916. The molecule has 6 heteroatoms. The van der Waals surface area contributed by atoms with Crippen LogP contribution in [0.15, 0.2) is 42.7 Å². The standard InChI is InChI=1S/C12H12F3N3/c13-12(14,15)11(6-16)18-8-10(7-17-18)9-4-2-1-3-5-9/h1-5,7-8,11H,6,16H2. The summed E-state index contributed by atoms with van der Waals surface area (Å²) in [7, 11) is 0. The Kier molecular flexibility index (Phi) is 3.38. The van der Waals surface area contributed by atoms with Crippen molar-refractivity contribution in [1.82, 2.24) is 9.78 Å². The molecule has 0 saturated carbocycles. The van der Waals surface area contributed by atoms with Crippen LogP contribution < -0.4 is 5.73 Å². The molecule has 0 aliphatic rings. The lowest BCUT2D eigenvalue weighted by molar-refractivity contribution is -0.167. The van der Waals surface area contributed by atoms with Gasteiger partial charge in [0.25, 0.3) is 0 Å². The van der Waals surface area contributed by atoms with Crippen LogP contribution in [0.3, 0.4) is 0 Å². The molecular formula is C12H12F3N3. The van der Waals surface area contributed by atoms with E-state index in [1.165, 1.54) is 12.4 Å². The van der Waals surface area contributed by atoms with Gasteiger partial charge in [0.05, 0.1) is 6.20 Å². The number of aromatic nitrogens is 2. The fourth-order valence-electron chi connectivity index (χ4n) is 1.68. The van der Waals surface area contributed by atoms with Crippen molar-refractivity contribution in [3.63, 3.8) is 0 Å². The fourth-order valence-corrected chi connectivity index (χ4v) is 1.68. The van der Waals surface area contributed by atoms with Crippen molar-refractivity contribution >= 4 is 0 Å². The van der Waals surface area contributed by atoms with E-state index in [0.29, 0.717) is 5.56 Å². The molecule has 96 valence electrons. The lowest BCUT2D eigenvalue weighted by Gasteiger charge is -2.18. The van der Waals surface area contributed by atoms with Crippen molar-refractivity contribution in [1.29, 1.82) is 0 Å². The zero-order valence-electron chi connectivity index (χ0n) is 9.43. The Balaban J connectivity index is 2.31. The fraction of sp³-hybridized carbons (Fsp3) is 0.250. The number of hydrogen-bond acceptors (Lipinski definition) is 2. The molecule has 0 fully saturated rings. The Morgan fingerprint density at radius 1 is 1.17 bits per heavy atom. The molecule has 0 aliphatic carbocycles. The second-order valence-corrected chi connectivity index (χ2v) is 3.87. The molecule has 0 spiro atoms. The van der Waals surface area contributed by atoms with E-state index in [1.807, 2.05) is 30.3 Å². The summed E-state index contributed by atoms with van der Waals surface area (Å²) in [6.07, 6.45) is -1.63. The van der Waals surface area contributed by atoms with Gasteiger partial charge in [-0.25, -0.2) is 0 Å². The minimum atomic E-state index is -4.39. The van der Waals surface area contributed by atoms with E-state index in [2.05, 4.69) is 5.10 Å². The molecule has 1 unspecified atom stereocenters. The highest BCUT2D eigenvalue weighted by Gasteiger charge is 2.40. The summed E-state index contributed by atoms with van der Waals surface area (Å²) >= 11 is 0. The van der Waals surface area contributed by atoms with Gasteiger partial charge in [-0.05, 0) is 5.56 Å². The van der Waals surface area contributed by atoms with E-state index in [0.717, 1.165) is 10.2 Å². The van der Waals surface area contributed by atoms with E-state index in [9.17, 15) is 13.2 Å². The van der Waals surface area contributed by atoms with Gasteiger partial charge < -0.3 is 5.73 Å². The van der Waals surface area contributed by atoms with Crippen LogP contribution in [0.25, 0.3) is 11.1 Å². The summed E-state index contributed by atoms with van der Waals surface area (Å²) in [5.41, 5.74) is 6.62. The smallest absolute Gasteiger partial charge is 0.328 e. The Labute approximate surface area is 102 Å². The molecule has 0 amide bonds. The van der Waals surface area contributed by atoms with Crippen LogP contribution in [0.2, 0.25) is 0 Å². The van der Waals surface area contributed by atoms with Gasteiger partial charge >= 0.3 is 6.18 Å². The molecule has 1 aromatic heterocycles. The maximum atomic E-state index is 12.7. The summed E-state index contributed by atoms with van der Waals surface area (Å²) in [5, 5.41) is 3.75. The van der Waals surface area contributed by atoms with Gasteiger partial charge in [-0.15, -0.1) is 0 Å². The molecule has 2 N–H and O–H groups in total. The Morgan fingerprint density at radius 3 is 2.39 bits per heavy atom. The number of nitrogens with two attached hydrogens (primary N) is 1. The normalized spacial score (nSPS) is 13.6. The van der Waals surface area contributed by atoms with Gasteiger partial charge in [0, 0.05) is 18.3 Å². The number of benzene rings is 1. The Bertz CT molecular complexity index is 505. The first-order chi connectivity index (χ1) is 8.52. The molecule has 0 aliphatic heterocycles. The van der Waals surface area contributed by atoms with Gasteiger partial charge in [-0.2, -0.15) is 18.3 Å². The molecule has 1 atom stereocenters. The van der Waals surface area contributed by atoms with Gasteiger partial charge in [0.15, 0.2) is 6.04 Å². The maximum Gasteiger partial charge on any atom is 0.412 e. The minimum Gasteiger partial charge on any atom is -0.328 e. The lowest BCUT2D eigenvalue weighted by Crippen LogP contribution is -2.33. The zero-order chi connectivity index (χ0) is 13.2. The molecule has 0 radical (unpaired) electrons. The first kappa shape index (κ1) is 12.6. The van der Waals surface area contributed by atoms with Crippen molar-refractivity contribution in [2.75, 3.05) is 6.54 Å². The first-order valence-corrected chi connectivity index (χ1v) is 5.38. The van der Waals surface area contributed by atoms with Gasteiger partial charge in [0.1, 0.15) is 0 Å². The topological polar surface area (TPSA) is 43.8 Å². The van der Waals surface area contributed by atoms with Crippen molar-refractivity contribution in [3.8, 4) is 11.1 Å². The van der Waals surface area contributed by atoms with Crippen LogP contribution in [0.5, 0.6) is 0 Å². The average molecular weight is 255 g/mol. The monoisotopic (exact) mass is 255 g/mol. The van der Waals surface area contributed by atoms with Crippen molar-refractivity contribution in [3.05, 3.63) is 42.7 Å². The van der Waals surface area contributed by atoms with Crippen molar-refractivity contribution in [2.24, 2.45) is 5.73 Å². The Morgan fingerprint density at radius 2 is 1.83 bits per heavy atom. The predicted molar refractivity (Wildman–Crippen MR) is 61.8 cm³/mol. The minimum absolute atomic E-state index is 0.528. The molecule has 1 heterocycles. The van der Waals surface area contributed by atoms with Crippen LogP contribution in [-0.4, -0.2) is 22.5 Å².